The zero-order chi connectivity index (χ0) is 18.5. The summed E-state index contributed by atoms with van der Waals surface area (Å²) in [4.78, 5) is 14.5. The second kappa shape index (κ2) is 8.34. The van der Waals surface area contributed by atoms with E-state index in [-0.39, 0.29) is 17.9 Å². The Morgan fingerprint density at radius 1 is 1.04 bits per heavy atom. The first-order valence-corrected chi connectivity index (χ1v) is 9.16. The number of benzene rings is 2. The van der Waals surface area contributed by atoms with Gasteiger partial charge in [-0.2, -0.15) is 0 Å². The number of ether oxygens (including phenoxy) is 1. The number of nitrogens with zero attached hydrogens (tertiary/aromatic N) is 1. The van der Waals surface area contributed by atoms with Crippen molar-refractivity contribution >= 4 is 5.91 Å². The average molecular weight is 353 g/mol. The molecule has 1 aliphatic heterocycles. The Balaban J connectivity index is 1.57. The van der Waals surface area contributed by atoms with E-state index in [1.54, 1.807) is 4.90 Å². The summed E-state index contributed by atoms with van der Waals surface area (Å²) in [5.41, 5.74) is 7.45. The molecule has 0 saturated carbocycles. The van der Waals surface area contributed by atoms with Crippen molar-refractivity contribution < 1.29 is 9.53 Å². The van der Waals surface area contributed by atoms with E-state index >= 15 is 0 Å². The summed E-state index contributed by atoms with van der Waals surface area (Å²) in [5.74, 6) is 1.99. The predicted molar refractivity (Wildman–Crippen MR) is 103 cm³/mol. The van der Waals surface area contributed by atoms with Crippen LogP contribution in [-0.2, 0) is 11.3 Å². The summed E-state index contributed by atoms with van der Waals surface area (Å²) in [6.45, 7) is 4.82. The van der Waals surface area contributed by atoms with Gasteiger partial charge in [-0.05, 0) is 42.2 Å². The normalized spacial score (nSPS) is 22.2. The van der Waals surface area contributed by atoms with Crippen LogP contribution in [0, 0.1) is 5.92 Å². The van der Waals surface area contributed by atoms with Crippen LogP contribution in [0.1, 0.15) is 25.8 Å². The van der Waals surface area contributed by atoms with E-state index < -0.39 is 0 Å². The molecule has 0 radical (unpaired) electrons. The third kappa shape index (κ3) is 4.23. The molecule has 3 rings (SSSR count). The smallest absolute Gasteiger partial charge is 0.241 e. The molecular formula is C21H27N3O2. The Labute approximate surface area is 155 Å². The van der Waals surface area contributed by atoms with Crippen molar-refractivity contribution in [3.8, 4) is 11.5 Å². The van der Waals surface area contributed by atoms with Crippen LogP contribution in [0.4, 0.5) is 0 Å². The quantitative estimate of drug-likeness (QED) is 0.836. The van der Waals surface area contributed by atoms with Crippen molar-refractivity contribution in [3.05, 3.63) is 60.2 Å². The molecule has 3 unspecified atom stereocenters. The molecule has 138 valence electrons. The Bertz CT molecular complexity index is 718. The molecule has 0 spiro atoms. The number of hydrogen-bond donors (Lipinski definition) is 2. The van der Waals surface area contributed by atoms with E-state index in [2.05, 4.69) is 24.7 Å². The van der Waals surface area contributed by atoms with E-state index in [1.807, 2.05) is 61.6 Å². The fourth-order valence-electron chi connectivity index (χ4n) is 3.33. The fraction of sp³-hybridized carbons (Fsp3) is 0.381. The van der Waals surface area contributed by atoms with Crippen molar-refractivity contribution in [3.63, 3.8) is 0 Å². The van der Waals surface area contributed by atoms with Crippen LogP contribution in [0.25, 0.3) is 0 Å². The van der Waals surface area contributed by atoms with Gasteiger partial charge >= 0.3 is 0 Å². The molecule has 1 saturated heterocycles. The number of hydrogen-bond acceptors (Lipinski definition) is 4. The molecule has 1 fully saturated rings. The van der Waals surface area contributed by atoms with Crippen LogP contribution in [0.15, 0.2) is 54.6 Å². The lowest BCUT2D eigenvalue weighted by molar-refractivity contribution is -0.133. The molecular weight excluding hydrogens is 326 g/mol. The Kier molecular flexibility index (Phi) is 5.91. The summed E-state index contributed by atoms with van der Waals surface area (Å²) < 4.78 is 5.81. The fourth-order valence-corrected chi connectivity index (χ4v) is 3.33. The molecule has 0 bridgehead atoms. The third-order valence-corrected chi connectivity index (χ3v) is 4.99. The van der Waals surface area contributed by atoms with Gasteiger partial charge < -0.3 is 9.64 Å². The third-order valence-electron chi connectivity index (χ3n) is 4.99. The lowest BCUT2D eigenvalue weighted by Crippen LogP contribution is -2.45. The molecule has 5 heteroatoms. The number of carbonyl (C=O) groups is 1. The zero-order valence-electron chi connectivity index (χ0n) is 15.6. The van der Waals surface area contributed by atoms with Gasteiger partial charge in [0.25, 0.3) is 0 Å². The van der Waals surface area contributed by atoms with Crippen LogP contribution in [0.3, 0.4) is 0 Å². The number of nitrogens with one attached hydrogen (secondary N) is 2. The van der Waals surface area contributed by atoms with Gasteiger partial charge in [0.2, 0.25) is 5.91 Å². The molecule has 0 aliphatic carbocycles. The number of likely N-dealkylation sites (N-methyl/N-ethyl adjacent to an activating group) is 1. The molecule has 1 amide bonds. The first kappa shape index (κ1) is 18.4. The lowest BCUT2D eigenvalue weighted by Gasteiger charge is -2.24. The standard InChI is InChI=1S/C21H27N3O2/c1-4-19-15(2)20(23-22-19)21(25)24(3)14-16-10-12-18(13-11-16)26-17-8-6-5-7-9-17/h5-13,15,19-20,22-23H,4,14H2,1-3H3. The monoisotopic (exact) mass is 353 g/mol. The van der Waals surface area contributed by atoms with E-state index in [0.29, 0.717) is 12.6 Å². The Hall–Kier alpha value is -2.37. The summed E-state index contributed by atoms with van der Waals surface area (Å²) >= 11 is 0. The highest BCUT2D eigenvalue weighted by atomic mass is 16.5. The Morgan fingerprint density at radius 3 is 2.31 bits per heavy atom. The highest BCUT2D eigenvalue weighted by Crippen LogP contribution is 2.22. The summed E-state index contributed by atoms with van der Waals surface area (Å²) in [6.07, 6.45) is 1.00. The van der Waals surface area contributed by atoms with Crippen molar-refractivity contribution in [2.24, 2.45) is 5.92 Å². The number of rotatable bonds is 6. The number of amides is 1. The maximum atomic E-state index is 12.7. The maximum absolute atomic E-state index is 12.7. The Morgan fingerprint density at radius 2 is 1.69 bits per heavy atom. The molecule has 5 nitrogen and oxygen atoms in total. The molecule has 26 heavy (non-hydrogen) atoms. The van der Waals surface area contributed by atoms with Crippen LogP contribution in [-0.4, -0.2) is 29.9 Å². The van der Waals surface area contributed by atoms with Crippen LogP contribution in [0.5, 0.6) is 11.5 Å². The van der Waals surface area contributed by atoms with Gasteiger partial charge in [-0.1, -0.05) is 44.2 Å². The van der Waals surface area contributed by atoms with Gasteiger partial charge in [0.1, 0.15) is 17.5 Å². The molecule has 2 N–H and O–H groups in total. The van der Waals surface area contributed by atoms with Gasteiger partial charge in [0, 0.05) is 19.6 Å². The second-order valence-electron chi connectivity index (χ2n) is 6.89. The average Bonchev–Trinajstić information content (AvgIpc) is 3.04. The minimum Gasteiger partial charge on any atom is -0.457 e. The van der Waals surface area contributed by atoms with E-state index in [1.165, 1.54) is 0 Å². The van der Waals surface area contributed by atoms with Crippen molar-refractivity contribution in [1.29, 1.82) is 0 Å². The summed E-state index contributed by atoms with van der Waals surface area (Å²) in [7, 11) is 1.85. The molecule has 3 atom stereocenters. The van der Waals surface area contributed by atoms with Crippen LogP contribution < -0.4 is 15.6 Å². The van der Waals surface area contributed by atoms with Crippen LogP contribution in [0.2, 0.25) is 0 Å². The van der Waals surface area contributed by atoms with E-state index in [0.717, 1.165) is 23.5 Å². The van der Waals surface area contributed by atoms with Gasteiger partial charge in [0.05, 0.1) is 0 Å². The van der Waals surface area contributed by atoms with Crippen molar-refractivity contribution in [1.82, 2.24) is 15.8 Å². The molecule has 2 aromatic carbocycles. The van der Waals surface area contributed by atoms with Gasteiger partial charge in [-0.15, -0.1) is 0 Å². The SMILES string of the molecule is CCC1NNC(C(=O)N(C)Cc2ccc(Oc3ccccc3)cc2)C1C. The maximum Gasteiger partial charge on any atom is 0.241 e. The van der Waals surface area contributed by atoms with Gasteiger partial charge in [0.15, 0.2) is 0 Å². The first-order chi connectivity index (χ1) is 12.6. The highest BCUT2D eigenvalue weighted by molar-refractivity contribution is 5.82. The molecule has 0 aromatic heterocycles. The number of hydrazine groups is 1. The molecule has 1 heterocycles. The highest BCUT2D eigenvalue weighted by Gasteiger charge is 2.37. The van der Waals surface area contributed by atoms with Gasteiger partial charge in [-0.25, -0.2) is 5.43 Å². The second-order valence-corrected chi connectivity index (χ2v) is 6.89. The van der Waals surface area contributed by atoms with Crippen molar-refractivity contribution in [2.45, 2.75) is 38.9 Å². The lowest BCUT2D eigenvalue weighted by atomic mass is 9.94. The minimum absolute atomic E-state index is 0.116. The topological polar surface area (TPSA) is 53.6 Å². The molecule has 1 aliphatic rings. The minimum atomic E-state index is -0.175. The van der Waals surface area contributed by atoms with Gasteiger partial charge in [-0.3, -0.25) is 10.2 Å². The van der Waals surface area contributed by atoms with Crippen LogP contribution >= 0.6 is 0 Å². The predicted octanol–water partition coefficient (Wildman–Crippen LogP) is 3.33. The summed E-state index contributed by atoms with van der Waals surface area (Å²) in [5, 5.41) is 0. The van der Waals surface area contributed by atoms with Crippen molar-refractivity contribution in [2.75, 3.05) is 7.05 Å². The van der Waals surface area contributed by atoms with E-state index in [4.69, 9.17) is 4.74 Å². The summed E-state index contributed by atoms with van der Waals surface area (Å²) in [6, 6.07) is 17.7. The number of carbonyl (C=O) groups excluding carboxylic acids is 1. The molecule has 2 aromatic rings. The zero-order valence-corrected chi connectivity index (χ0v) is 15.6. The largest absolute Gasteiger partial charge is 0.457 e. The number of para-hydroxylation sites is 1. The first-order valence-electron chi connectivity index (χ1n) is 9.16. The van der Waals surface area contributed by atoms with E-state index in [9.17, 15) is 4.79 Å².